The van der Waals surface area contributed by atoms with Crippen molar-refractivity contribution in [1.29, 1.82) is 0 Å². The minimum Gasteiger partial charge on any atom is -0.260 e. The van der Waals surface area contributed by atoms with Crippen molar-refractivity contribution in [3.05, 3.63) is 28.5 Å². The number of pyridine rings is 1. The van der Waals surface area contributed by atoms with Gasteiger partial charge < -0.3 is 0 Å². The molecule has 64 valence electrons. The van der Waals surface area contributed by atoms with Crippen LogP contribution in [0.4, 0.5) is 0 Å². The number of aromatic nitrogens is 1. The van der Waals surface area contributed by atoms with Crippen molar-refractivity contribution < 1.29 is 9.59 Å². The van der Waals surface area contributed by atoms with Crippen LogP contribution in [0.1, 0.15) is 12.6 Å². The summed E-state index contributed by atoms with van der Waals surface area (Å²) in [5, 5.41) is 0. The molecule has 4 heteroatoms. The Balaban J connectivity index is 0.000000354. The van der Waals surface area contributed by atoms with Gasteiger partial charge in [-0.1, -0.05) is 6.92 Å². The van der Waals surface area contributed by atoms with Gasteiger partial charge >= 0.3 is 6.15 Å². The molecule has 0 spiro atoms. The standard InChI is InChI=1S/C7H8BrN.CO2/c1-2-7-4-3-6(8)5-9-7;2-1-3/h3-5H,2H2,1H3;. The summed E-state index contributed by atoms with van der Waals surface area (Å²) in [6, 6.07) is 4.02. The van der Waals surface area contributed by atoms with Crippen LogP contribution in [0.25, 0.3) is 0 Å². The summed E-state index contributed by atoms with van der Waals surface area (Å²) >= 11 is 3.31. The fourth-order valence-electron chi connectivity index (χ4n) is 0.616. The lowest BCUT2D eigenvalue weighted by Gasteiger charge is -1.92. The lowest BCUT2D eigenvalue weighted by Crippen LogP contribution is -1.83. The Labute approximate surface area is 78.9 Å². The summed E-state index contributed by atoms with van der Waals surface area (Å²) in [5.74, 6) is 0. The van der Waals surface area contributed by atoms with E-state index >= 15 is 0 Å². The maximum absolute atomic E-state index is 8.12. The number of rotatable bonds is 1. The normalized spacial score (nSPS) is 7.83. The minimum atomic E-state index is 0.250. The highest BCUT2D eigenvalue weighted by molar-refractivity contribution is 9.10. The maximum atomic E-state index is 8.12. The number of nitrogens with zero attached hydrogens (tertiary/aromatic N) is 1. The highest BCUT2D eigenvalue weighted by Crippen LogP contribution is 2.06. The van der Waals surface area contributed by atoms with Gasteiger partial charge in [-0.2, -0.15) is 9.59 Å². The summed E-state index contributed by atoms with van der Waals surface area (Å²) in [6.07, 6.45) is 3.08. The second kappa shape index (κ2) is 6.70. The van der Waals surface area contributed by atoms with Crippen LogP contribution >= 0.6 is 15.9 Å². The fraction of sp³-hybridized carbons (Fsp3) is 0.250. The Morgan fingerprint density at radius 2 is 2.08 bits per heavy atom. The van der Waals surface area contributed by atoms with Gasteiger partial charge in [0, 0.05) is 16.4 Å². The molecule has 0 amide bonds. The van der Waals surface area contributed by atoms with E-state index in [0.29, 0.717) is 0 Å². The molecule has 0 fully saturated rings. The molecular weight excluding hydrogens is 222 g/mol. The van der Waals surface area contributed by atoms with Crippen molar-refractivity contribution in [2.24, 2.45) is 0 Å². The molecule has 0 atom stereocenters. The Morgan fingerprint density at radius 1 is 1.50 bits per heavy atom. The van der Waals surface area contributed by atoms with Crippen LogP contribution in [0.2, 0.25) is 0 Å². The van der Waals surface area contributed by atoms with Crippen molar-refractivity contribution in [3.63, 3.8) is 0 Å². The molecule has 0 aromatic carbocycles. The lowest BCUT2D eigenvalue weighted by molar-refractivity contribution is -0.191. The summed E-state index contributed by atoms with van der Waals surface area (Å²) in [4.78, 5) is 20.4. The van der Waals surface area contributed by atoms with Gasteiger partial charge in [-0.3, -0.25) is 4.98 Å². The zero-order valence-electron chi connectivity index (χ0n) is 6.58. The highest BCUT2D eigenvalue weighted by Gasteiger charge is 1.87. The first kappa shape index (κ1) is 11.0. The van der Waals surface area contributed by atoms with Gasteiger partial charge in [-0.15, -0.1) is 0 Å². The van der Waals surface area contributed by atoms with Crippen molar-refractivity contribution in [2.75, 3.05) is 0 Å². The highest BCUT2D eigenvalue weighted by atomic mass is 79.9. The van der Waals surface area contributed by atoms with Gasteiger partial charge in [0.15, 0.2) is 0 Å². The van der Waals surface area contributed by atoms with E-state index in [1.807, 2.05) is 18.3 Å². The summed E-state index contributed by atoms with van der Waals surface area (Å²) < 4.78 is 1.04. The van der Waals surface area contributed by atoms with E-state index in [4.69, 9.17) is 9.59 Å². The zero-order valence-corrected chi connectivity index (χ0v) is 8.17. The van der Waals surface area contributed by atoms with Gasteiger partial charge in [-0.05, 0) is 34.5 Å². The molecule has 1 heterocycles. The first-order chi connectivity index (χ1) is 5.74. The largest absolute Gasteiger partial charge is 0.373 e. The zero-order chi connectivity index (χ0) is 9.40. The summed E-state index contributed by atoms with van der Waals surface area (Å²) in [5.41, 5.74) is 1.14. The van der Waals surface area contributed by atoms with Crippen LogP contribution in [0.15, 0.2) is 22.8 Å². The third kappa shape index (κ3) is 4.77. The van der Waals surface area contributed by atoms with E-state index in [-0.39, 0.29) is 6.15 Å². The molecule has 0 radical (unpaired) electrons. The Morgan fingerprint density at radius 3 is 2.42 bits per heavy atom. The molecule has 1 aromatic rings. The number of carbonyl (C=O) groups excluding carboxylic acids is 2. The Bertz CT molecular complexity index is 252. The van der Waals surface area contributed by atoms with Gasteiger partial charge in [-0.25, -0.2) is 0 Å². The second-order valence-electron chi connectivity index (χ2n) is 1.90. The first-order valence-electron chi connectivity index (χ1n) is 3.34. The molecule has 1 aromatic heterocycles. The quantitative estimate of drug-likeness (QED) is 0.739. The third-order valence-corrected chi connectivity index (χ3v) is 1.62. The topological polar surface area (TPSA) is 47.0 Å². The maximum Gasteiger partial charge on any atom is 0.373 e. The molecular formula is C8H8BrNO2. The molecule has 0 saturated heterocycles. The average molecular weight is 230 g/mol. The van der Waals surface area contributed by atoms with E-state index < -0.39 is 0 Å². The fourth-order valence-corrected chi connectivity index (χ4v) is 0.850. The van der Waals surface area contributed by atoms with Crippen LogP contribution in [-0.4, -0.2) is 11.1 Å². The second-order valence-corrected chi connectivity index (χ2v) is 2.82. The van der Waals surface area contributed by atoms with Gasteiger partial charge in [0.05, 0.1) is 0 Å². The Hall–Kier alpha value is -0.990. The number of hydrogen-bond donors (Lipinski definition) is 0. The first-order valence-corrected chi connectivity index (χ1v) is 4.13. The van der Waals surface area contributed by atoms with Crippen LogP contribution in [0.3, 0.4) is 0 Å². The monoisotopic (exact) mass is 229 g/mol. The molecule has 0 bridgehead atoms. The van der Waals surface area contributed by atoms with E-state index in [0.717, 1.165) is 16.6 Å². The number of hydrogen-bond acceptors (Lipinski definition) is 3. The molecule has 0 aliphatic rings. The van der Waals surface area contributed by atoms with Crippen LogP contribution in [0.5, 0.6) is 0 Å². The minimum absolute atomic E-state index is 0.250. The molecule has 3 nitrogen and oxygen atoms in total. The van der Waals surface area contributed by atoms with Crippen molar-refractivity contribution in [1.82, 2.24) is 4.98 Å². The molecule has 0 aliphatic carbocycles. The van der Waals surface area contributed by atoms with Crippen LogP contribution in [-0.2, 0) is 16.0 Å². The van der Waals surface area contributed by atoms with Gasteiger partial charge in [0.2, 0.25) is 0 Å². The molecule has 0 unspecified atom stereocenters. The predicted octanol–water partition coefficient (Wildman–Crippen LogP) is 1.82. The van der Waals surface area contributed by atoms with E-state index in [1.165, 1.54) is 0 Å². The molecule has 1 rings (SSSR count). The Kier molecular flexibility index (Phi) is 6.15. The number of halogens is 1. The smallest absolute Gasteiger partial charge is 0.260 e. The predicted molar refractivity (Wildman–Crippen MR) is 46.3 cm³/mol. The summed E-state index contributed by atoms with van der Waals surface area (Å²) in [7, 11) is 0. The molecule has 12 heavy (non-hydrogen) atoms. The van der Waals surface area contributed by atoms with E-state index in [2.05, 4.69) is 27.8 Å². The summed E-state index contributed by atoms with van der Waals surface area (Å²) in [6.45, 7) is 2.09. The van der Waals surface area contributed by atoms with E-state index in [1.54, 1.807) is 0 Å². The van der Waals surface area contributed by atoms with E-state index in [9.17, 15) is 0 Å². The SMILES string of the molecule is CCc1ccc(Br)cn1.O=C=O. The average Bonchev–Trinajstić information content (AvgIpc) is 2.07. The van der Waals surface area contributed by atoms with Gasteiger partial charge in [0.25, 0.3) is 0 Å². The van der Waals surface area contributed by atoms with Gasteiger partial charge in [0.1, 0.15) is 0 Å². The van der Waals surface area contributed by atoms with Crippen LogP contribution in [0, 0.1) is 0 Å². The third-order valence-electron chi connectivity index (χ3n) is 1.15. The van der Waals surface area contributed by atoms with Crippen LogP contribution < -0.4 is 0 Å². The van der Waals surface area contributed by atoms with Crippen molar-refractivity contribution in [2.45, 2.75) is 13.3 Å². The van der Waals surface area contributed by atoms with Crippen molar-refractivity contribution in [3.8, 4) is 0 Å². The molecule has 0 saturated carbocycles. The van der Waals surface area contributed by atoms with Crippen molar-refractivity contribution >= 4 is 22.1 Å². The molecule has 0 N–H and O–H groups in total. The number of aryl methyl sites for hydroxylation is 1. The molecule has 0 aliphatic heterocycles. The lowest BCUT2D eigenvalue weighted by atomic mass is 10.3.